The van der Waals surface area contributed by atoms with Gasteiger partial charge in [-0.05, 0) is 19.3 Å². The topological polar surface area (TPSA) is 55.8 Å². The van der Waals surface area contributed by atoms with Crippen molar-refractivity contribution >= 4 is 5.78 Å². The largest absolute Gasteiger partial charge is 0.387 e. The number of ether oxygens (including phenoxy) is 2. The van der Waals surface area contributed by atoms with Crippen molar-refractivity contribution in [3.63, 3.8) is 0 Å². The fourth-order valence-electron chi connectivity index (χ4n) is 2.06. The molecule has 1 saturated carbocycles. The van der Waals surface area contributed by atoms with E-state index in [0.29, 0.717) is 38.9 Å². The van der Waals surface area contributed by atoms with Crippen LogP contribution in [-0.2, 0) is 14.3 Å². The van der Waals surface area contributed by atoms with Gasteiger partial charge >= 0.3 is 0 Å². The maximum atomic E-state index is 11.0. The molecule has 0 aromatic carbocycles. The van der Waals surface area contributed by atoms with Crippen LogP contribution in [0.1, 0.15) is 32.1 Å². The van der Waals surface area contributed by atoms with Crippen LogP contribution in [-0.4, -0.2) is 42.4 Å². The third-order valence-electron chi connectivity index (χ3n) is 3.21. The molecule has 86 valence electrons. The second kappa shape index (κ2) is 4.60. The van der Waals surface area contributed by atoms with Gasteiger partial charge in [0.05, 0.1) is 24.9 Å². The van der Waals surface area contributed by atoms with Crippen LogP contribution in [0.4, 0.5) is 0 Å². The minimum absolute atomic E-state index is 0.131. The highest BCUT2D eigenvalue weighted by Gasteiger charge is 2.33. The summed E-state index contributed by atoms with van der Waals surface area (Å²) in [4.78, 5) is 11.0. The van der Waals surface area contributed by atoms with Crippen molar-refractivity contribution in [2.24, 2.45) is 0 Å². The van der Waals surface area contributed by atoms with Crippen LogP contribution in [0.5, 0.6) is 0 Å². The molecule has 1 saturated heterocycles. The number of carbonyl (C=O) groups excluding carboxylic acids is 1. The van der Waals surface area contributed by atoms with E-state index in [1.165, 1.54) is 0 Å². The second-order valence-electron chi connectivity index (χ2n) is 4.56. The fraction of sp³-hybridized carbons (Fsp3) is 0.909. The summed E-state index contributed by atoms with van der Waals surface area (Å²) in [6.45, 7) is 1.73. The molecule has 4 nitrogen and oxygen atoms in total. The van der Waals surface area contributed by atoms with E-state index in [2.05, 4.69) is 0 Å². The van der Waals surface area contributed by atoms with Crippen molar-refractivity contribution in [2.75, 3.05) is 19.8 Å². The summed E-state index contributed by atoms with van der Waals surface area (Å²) in [7, 11) is 0. The average molecular weight is 214 g/mol. The lowest BCUT2D eigenvalue weighted by Gasteiger charge is -2.31. The van der Waals surface area contributed by atoms with Gasteiger partial charge in [-0.15, -0.1) is 0 Å². The van der Waals surface area contributed by atoms with E-state index < -0.39 is 5.60 Å². The predicted octanol–water partition coefficient (Wildman–Crippen LogP) is 0.666. The number of rotatable bonds is 3. The van der Waals surface area contributed by atoms with E-state index in [0.717, 1.165) is 13.0 Å². The molecule has 1 aliphatic heterocycles. The average Bonchev–Trinajstić information content (AvgIpc) is 2.73. The van der Waals surface area contributed by atoms with Crippen LogP contribution in [0, 0.1) is 0 Å². The summed E-state index contributed by atoms with van der Waals surface area (Å²) in [5.41, 5.74) is -0.781. The molecule has 0 bridgehead atoms. The maximum Gasteiger partial charge on any atom is 0.133 e. The Morgan fingerprint density at radius 2 is 2.20 bits per heavy atom. The lowest BCUT2D eigenvalue weighted by Crippen LogP contribution is -2.40. The third-order valence-corrected chi connectivity index (χ3v) is 3.21. The zero-order valence-corrected chi connectivity index (χ0v) is 8.91. The summed E-state index contributed by atoms with van der Waals surface area (Å²) in [6.07, 6.45) is 3.10. The lowest BCUT2D eigenvalue weighted by atomic mass is 9.85. The number of aliphatic hydroxyl groups is 1. The van der Waals surface area contributed by atoms with Crippen molar-refractivity contribution in [2.45, 2.75) is 43.8 Å². The Labute approximate surface area is 89.6 Å². The number of carbonyl (C=O) groups is 1. The second-order valence-corrected chi connectivity index (χ2v) is 4.56. The molecule has 0 aromatic heterocycles. The molecule has 2 fully saturated rings. The monoisotopic (exact) mass is 214 g/mol. The first-order valence-electron chi connectivity index (χ1n) is 5.61. The Morgan fingerprint density at radius 1 is 1.47 bits per heavy atom. The van der Waals surface area contributed by atoms with Gasteiger partial charge in [0.15, 0.2) is 0 Å². The lowest BCUT2D eigenvalue weighted by molar-refractivity contribution is -0.131. The van der Waals surface area contributed by atoms with Gasteiger partial charge in [0.1, 0.15) is 5.78 Å². The highest BCUT2D eigenvalue weighted by molar-refractivity contribution is 5.79. The van der Waals surface area contributed by atoms with Crippen molar-refractivity contribution in [1.29, 1.82) is 0 Å². The van der Waals surface area contributed by atoms with Crippen LogP contribution in [0.25, 0.3) is 0 Å². The predicted molar refractivity (Wildman–Crippen MR) is 53.6 cm³/mol. The SMILES string of the molecule is O=C1CCC(O)(CO[C@H]2CCOC2)CC1. The zero-order chi connectivity index (χ0) is 10.7. The molecule has 4 heteroatoms. The number of hydrogen-bond acceptors (Lipinski definition) is 4. The molecule has 0 amide bonds. The normalized spacial score (nSPS) is 30.7. The minimum Gasteiger partial charge on any atom is -0.387 e. The Bertz CT molecular complexity index is 223. The molecule has 1 N–H and O–H groups in total. The van der Waals surface area contributed by atoms with Gasteiger partial charge in [-0.25, -0.2) is 0 Å². The maximum absolute atomic E-state index is 11.0. The Kier molecular flexibility index (Phi) is 3.38. The fourth-order valence-corrected chi connectivity index (χ4v) is 2.06. The van der Waals surface area contributed by atoms with E-state index in [9.17, 15) is 9.90 Å². The number of Topliss-reactive ketones (excluding diaryl/α,β-unsaturated/α-hetero) is 1. The highest BCUT2D eigenvalue weighted by Crippen LogP contribution is 2.27. The van der Waals surface area contributed by atoms with Gasteiger partial charge in [-0.3, -0.25) is 4.79 Å². The number of hydrogen-bond donors (Lipinski definition) is 1. The summed E-state index contributed by atoms with van der Waals surface area (Å²) < 4.78 is 10.8. The van der Waals surface area contributed by atoms with Crippen molar-refractivity contribution in [3.8, 4) is 0 Å². The van der Waals surface area contributed by atoms with Crippen LogP contribution >= 0.6 is 0 Å². The van der Waals surface area contributed by atoms with Gasteiger partial charge in [-0.1, -0.05) is 0 Å². The molecule has 0 radical (unpaired) electrons. The van der Waals surface area contributed by atoms with Gasteiger partial charge < -0.3 is 14.6 Å². The molecule has 1 heterocycles. The molecule has 2 aliphatic rings. The Hall–Kier alpha value is -0.450. The van der Waals surface area contributed by atoms with Crippen LogP contribution < -0.4 is 0 Å². The molecule has 1 atom stereocenters. The van der Waals surface area contributed by atoms with E-state index in [1.54, 1.807) is 0 Å². The van der Waals surface area contributed by atoms with Crippen LogP contribution in [0.15, 0.2) is 0 Å². The Balaban J connectivity index is 1.74. The van der Waals surface area contributed by atoms with Gasteiger partial charge in [-0.2, -0.15) is 0 Å². The van der Waals surface area contributed by atoms with E-state index in [1.807, 2.05) is 0 Å². The molecule has 15 heavy (non-hydrogen) atoms. The third kappa shape index (κ3) is 3.00. The number of ketones is 1. The molecule has 0 aromatic rings. The summed E-state index contributed by atoms with van der Waals surface area (Å²) in [6, 6.07) is 0. The first kappa shape index (κ1) is 11.0. The van der Waals surface area contributed by atoms with Crippen molar-refractivity contribution in [1.82, 2.24) is 0 Å². The van der Waals surface area contributed by atoms with Gasteiger partial charge in [0.25, 0.3) is 0 Å². The molecule has 0 spiro atoms. The van der Waals surface area contributed by atoms with E-state index in [4.69, 9.17) is 9.47 Å². The van der Waals surface area contributed by atoms with Gasteiger partial charge in [0, 0.05) is 19.4 Å². The van der Waals surface area contributed by atoms with Crippen molar-refractivity contribution in [3.05, 3.63) is 0 Å². The highest BCUT2D eigenvalue weighted by atomic mass is 16.5. The first-order chi connectivity index (χ1) is 7.18. The molecular formula is C11H18O4. The van der Waals surface area contributed by atoms with E-state index in [-0.39, 0.29) is 11.9 Å². The van der Waals surface area contributed by atoms with Crippen LogP contribution in [0.3, 0.4) is 0 Å². The molecule has 2 rings (SSSR count). The van der Waals surface area contributed by atoms with Crippen molar-refractivity contribution < 1.29 is 19.4 Å². The quantitative estimate of drug-likeness (QED) is 0.750. The molecular weight excluding hydrogens is 196 g/mol. The molecule has 0 unspecified atom stereocenters. The summed E-state index contributed by atoms with van der Waals surface area (Å²) >= 11 is 0. The molecule has 1 aliphatic carbocycles. The Morgan fingerprint density at radius 3 is 2.80 bits per heavy atom. The first-order valence-corrected chi connectivity index (χ1v) is 5.61. The summed E-state index contributed by atoms with van der Waals surface area (Å²) in [5, 5.41) is 10.1. The summed E-state index contributed by atoms with van der Waals surface area (Å²) in [5.74, 6) is 0.254. The standard InChI is InChI=1S/C11H18O4/c12-9-1-4-11(13,5-2-9)8-15-10-3-6-14-7-10/h10,13H,1-8H2/t10-/m0/s1. The minimum atomic E-state index is -0.781. The van der Waals surface area contributed by atoms with Crippen LogP contribution in [0.2, 0.25) is 0 Å². The zero-order valence-electron chi connectivity index (χ0n) is 8.91. The van der Waals surface area contributed by atoms with E-state index >= 15 is 0 Å². The van der Waals surface area contributed by atoms with Gasteiger partial charge in [0.2, 0.25) is 0 Å². The smallest absolute Gasteiger partial charge is 0.133 e.